The van der Waals surface area contributed by atoms with E-state index in [-0.39, 0.29) is 5.25 Å². The highest BCUT2D eigenvalue weighted by Crippen LogP contribution is 2.30. The molecule has 1 unspecified atom stereocenters. The Morgan fingerprint density at radius 1 is 1.27 bits per heavy atom. The van der Waals surface area contributed by atoms with Gasteiger partial charge in [-0.15, -0.1) is 0 Å². The molecule has 2 rings (SSSR count). The Bertz CT molecular complexity index is 289. The maximum atomic E-state index is 5.18. The molecule has 0 nitrogen and oxygen atoms in total. The Labute approximate surface area is 72.4 Å². The minimum absolute atomic E-state index is 0.0381. The van der Waals surface area contributed by atoms with Crippen molar-refractivity contribution in [3.05, 3.63) is 47.9 Å². The van der Waals surface area contributed by atoms with Gasteiger partial charge in [0.2, 0.25) is 0 Å². The van der Waals surface area contributed by atoms with Crippen LogP contribution in [-0.2, 0) is 0 Å². The summed E-state index contributed by atoms with van der Waals surface area (Å²) in [6, 6.07) is 8.17. The lowest BCUT2D eigenvalue weighted by atomic mass is 9.97. The van der Waals surface area contributed by atoms with Gasteiger partial charge in [-0.3, -0.25) is 0 Å². The first-order chi connectivity index (χ1) is 5.38. The average Bonchev–Trinajstić information content (AvgIpc) is 2.06. The van der Waals surface area contributed by atoms with Crippen molar-refractivity contribution in [2.75, 3.05) is 0 Å². The largest absolute Gasteiger partial charge is 0.0842 e. The van der Waals surface area contributed by atoms with Crippen LogP contribution < -0.4 is 0 Å². The number of hydrogen-bond donors (Lipinski definition) is 0. The molecule has 0 aliphatic heterocycles. The summed E-state index contributed by atoms with van der Waals surface area (Å²) in [5, 5.41) is 0.0381. The lowest BCUT2D eigenvalue weighted by molar-refractivity contribution is 1.14. The Morgan fingerprint density at radius 2 is 2.09 bits per heavy atom. The lowest BCUT2D eigenvalue weighted by Crippen LogP contribution is -1.96. The van der Waals surface area contributed by atoms with Gasteiger partial charge in [-0.2, -0.15) is 0 Å². The normalized spacial score (nSPS) is 21.4. The quantitative estimate of drug-likeness (QED) is 0.546. The fourth-order valence-electron chi connectivity index (χ4n) is 1.22. The van der Waals surface area contributed by atoms with E-state index in [2.05, 4.69) is 18.6 Å². The van der Waals surface area contributed by atoms with E-state index in [0.29, 0.717) is 0 Å². The third-order valence-electron chi connectivity index (χ3n) is 1.79. The Hall–Kier alpha value is -0.690. The second-order valence-corrected chi connectivity index (χ2v) is 2.98. The van der Waals surface area contributed by atoms with Crippen LogP contribution in [0.3, 0.4) is 0 Å². The molecule has 1 aromatic rings. The van der Waals surface area contributed by atoms with Crippen LogP contribution in [-0.4, -0.2) is 0 Å². The van der Waals surface area contributed by atoms with Crippen LogP contribution in [0.5, 0.6) is 0 Å². The minimum Gasteiger partial charge on any atom is -0.0842 e. The molecule has 0 fully saturated rings. The zero-order valence-electron chi connectivity index (χ0n) is 5.95. The molecule has 0 bridgehead atoms. The maximum Gasteiger partial charge on any atom is 0.0516 e. The van der Waals surface area contributed by atoms with Crippen molar-refractivity contribution in [1.29, 1.82) is 0 Å². The Morgan fingerprint density at radius 3 is 2.91 bits per heavy atom. The molecule has 53 valence electrons. The third kappa shape index (κ3) is 1.21. The zero-order chi connectivity index (χ0) is 7.68. The summed E-state index contributed by atoms with van der Waals surface area (Å²) < 4.78 is 0. The van der Waals surface area contributed by atoms with E-state index < -0.39 is 0 Å². The molecular weight excluding hydrogens is 152 g/mol. The van der Waals surface area contributed by atoms with Crippen LogP contribution in [0.25, 0.3) is 6.08 Å². The van der Waals surface area contributed by atoms with Crippen molar-refractivity contribution in [2.45, 2.75) is 5.25 Å². The van der Waals surface area contributed by atoms with E-state index in [1.165, 1.54) is 11.1 Å². The summed E-state index contributed by atoms with van der Waals surface area (Å²) in [6.07, 6.45) is 7.02. The fourth-order valence-corrected chi connectivity index (χ4v) is 1.51. The second-order valence-electron chi connectivity index (χ2n) is 2.51. The van der Waals surface area contributed by atoms with E-state index in [4.69, 9.17) is 12.6 Å². The molecule has 11 heavy (non-hydrogen) atoms. The predicted octanol–water partition coefficient (Wildman–Crippen LogP) is 3.03. The van der Waals surface area contributed by atoms with Gasteiger partial charge >= 0.3 is 0 Å². The summed E-state index contributed by atoms with van der Waals surface area (Å²) in [5.41, 5.74) is 2.43. The monoisotopic (exact) mass is 159 g/mol. The first kappa shape index (κ1) is 6.99. The SMILES string of the molecule is [S]C1[C]C=Cc2ccccc21. The molecule has 0 aromatic heterocycles. The molecule has 0 heterocycles. The summed E-state index contributed by atoms with van der Waals surface area (Å²) in [7, 11) is 0. The highest BCUT2D eigenvalue weighted by atomic mass is 32.1. The summed E-state index contributed by atoms with van der Waals surface area (Å²) in [5.74, 6) is 0. The standard InChI is InChI=1S/C10H7S/c11-10-7-3-5-8-4-1-2-6-9(8)10/h1-6,10H. The van der Waals surface area contributed by atoms with Gasteiger partial charge < -0.3 is 0 Å². The van der Waals surface area contributed by atoms with E-state index in [1.807, 2.05) is 24.3 Å². The van der Waals surface area contributed by atoms with Gasteiger partial charge in [-0.05, 0) is 11.1 Å². The Balaban J connectivity index is 2.54. The number of allylic oxidation sites excluding steroid dienone is 1. The highest BCUT2D eigenvalue weighted by Gasteiger charge is 2.12. The highest BCUT2D eigenvalue weighted by molar-refractivity contribution is 7.80. The molecule has 1 aliphatic rings. The molecule has 1 aromatic carbocycles. The topological polar surface area (TPSA) is 0 Å². The smallest absolute Gasteiger partial charge is 0.0516 e. The zero-order valence-corrected chi connectivity index (χ0v) is 6.77. The summed E-state index contributed by atoms with van der Waals surface area (Å²) in [6.45, 7) is 0. The van der Waals surface area contributed by atoms with Crippen LogP contribution in [0.15, 0.2) is 30.3 Å². The summed E-state index contributed by atoms with van der Waals surface area (Å²) in [4.78, 5) is 0. The fraction of sp³-hybridized carbons (Fsp3) is 0.100. The molecule has 0 saturated carbocycles. The lowest BCUT2D eigenvalue weighted by Gasteiger charge is -2.14. The van der Waals surface area contributed by atoms with Crippen LogP contribution in [0.1, 0.15) is 16.4 Å². The van der Waals surface area contributed by atoms with E-state index >= 15 is 0 Å². The van der Waals surface area contributed by atoms with Crippen molar-refractivity contribution in [3.8, 4) is 0 Å². The minimum atomic E-state index is 0.0381. The van der Waals surface area contributed by atoms with Crippen molar-refractivity contribution in [2.24, 2.45) is 0 Å². The maximum absolute atomic E-state index is 5.18. The molecule has 0 amide bonds. The van der Waals surface area contributed by atoms with Gasteiger partial charge in [0.05, 0.1) is 5.25 Å². The van der Waals surface area contributed by atoms with E-state index in [0.717, 1.165) is 0 Å². The number of hydrogen-bond acceptors (Lipinski definition) is 0. The molecule has 3 radical (unpaired) electrons. The van der Waals surface area contributed by atoms with Gasteiger partial charge in [-0.1, -0.05) is 49.0 Å². The van der Waals surface area contributed by atoms with Crippen molar-refractivity contribution < 1.29 is 0 Å². The third-order valence-corrected chi connectivity index (χ3v) is 2.18. The van der Waals surface area contributed by atoms with Crippen LogP contribution in [0.2, 0.25) is 0 Å². The molecule has 0 saturated heterocycles. The number of benzene rings is 1. The Kier molecular flexibility index (Phi) is 1.74. The van der Waals surface area contributed by atoms with E-state index in [1.54, 1.807) is 0 Å². The first-order valence-corrected chi connectivity index (χ1v) is 4.02. The van der Waals surface area contributed by atoms with Crippen molar-refractivity contribution >= 4 is 18.7 Å². The number of fused-ring (bicyclic) bond motifs is 1. The molecular formula is C10H7S. The molecule has 1 atom stereocenters. The van der Waals surface area contributed by atoms with Gasteiger partial charge in [0.1, 0.15) is 0 Å². The molecule has 0 spiro atoms. The van der Waals surface area contributed by atoms with Gasteiger partial charge in [0.25, 0.3) is 0 Å². The van der Waals surface area contributed by atoms with Crippen molar-refractivity contribution in [1.82, 2.24) is 0 Å². The van der Waals surface area contributed by atoms with Gasteiger partial charge in [0.15, 0.2) is 0 Å². The number of rotatable bonds is 0. The van der Waals surface area contributed by atoms with Gasteiger partial charge in [0, 0.05) is 6.42 Å². The average molecular weight is 159 g/mol. The second kappa shape index (κ2) is 2.74. The van der Waals surface area contributed by atoms with E-state index in [9.17, 15) is 0 Å². The van der Waals surface area contributed by atoms with Crippen molar-refractivity contribution in [3.63, 3.8) is 0 Å². The van der Waals surface area contributed by atoms with Crippen LogP contribution in [0.4, 0.5) is 0 Å². The van der Waals surface area contributed by atoms with Crippen LogP contribution >= 0.6 is 12.6 Å². The molecule has 1 heteroatoms. The summed E-state index contributed by atoms with van der Waals surface area (Å²) >= 11 is 5.18. The first-order valence-electron chi connectivity index (χ1n) is 3.55. The molecule has 0 N–H and O–H groups in total. The molecule has 1 aliphatic carbocycles. The van der Waals surface area contributed by atoms with Crippen LogP contribution in [0, 0.1) is 6.42 Å². The van der Waals surface area contributed by atoms with Gasteiger partial charge in [-0.25, -0.2) is 0 Å². The predicted molar refractivity (Wildman–Crippen MR) is 49.1 cm³/mol.